The second-order valence-electron chi connectivity index (χ2n) is 8.43. The summed E-state index contributed by atoms with van der Waals surface area (Å²) < 4.78 is 22.7. The van der Waals surface area contributed by atoms with E-state index in [1.54, 1.807) is 27.4 Å². The number of halogens is 1. The minimum absolute atomic E-state index is 0.232. The average molecular weight is 486 g/mol. The number of aryl methyl sites for hydroxylation is 1. The number of fused-ring (bicyclic) bond motifs is 1. The summed E-state index contributed by atoms with van der Waals surface area (Å²) in [6.45, 7) is 5.00. The van der Waals surface area contributed by atoms with E-state index in [1.165, 1.54) is 18.4 Å². The first-order valence-electron chi connectivity index (χ1n) is 12.1. The van der Waals surface area contributed by atoms with Crippen molar-refractivity contribution in [3.63, 3.8) is 0 Å². The standard InChI is InChI=1S/C28H36ClNO4/c1-6-8-9-10-20-15-21(31-3)11-12-26(20)34-14-13-19(7-2)23-16-22(32-4)17-24-25(29)18-27(33-5)30-28(23)24/h11-12,15-19H,6-10,13-14H2,1-5H3. The summed E-state index contributed by atoms with van der Waals surface area (Å²) >= 11 is 6.56. The minimum atomic E-state index is 0.232. The van der Waals surface area contributed by atoms with E-state index in [-0.39, 0.29) is 5.92 Å². The van der Waals surface area contributed by atoms with Gasteiger partial charge in [-0.1, -0.05) is 38.3 Å². The Hall–Kier alpha value is -2.66. The highest BCUT2D eigenvalue weighted by Crippen LogP contribution is 2.37. The molecule has 0 spiro atoms. The zero-order valence-electron chi connectivity index (χ0n) is 20.9. The molecular weight excluding hydrogens is 450 g/mol. The predicted molar refractivity (Wildman–Crippen MR) is 139 cm³/mol. The first-order valence-corrected chi connectivity index (χ1v) is 12.4. The quantitative estimate of drug-likeness (QED) is 0.233. The molecule has 2 aromatic carbocycles. The lowest BCUT2D eigenvalue weighted by Crippen LogP contribution is -2.08. The van der Waals surface area contributed by atoms with Crippen LogP contribution in [0.15, 0.2) is 36.4 Å². The van der Waals surface area contributed by atoms with E-state index < -0.39 is 0 Å². The maximum Gasteiger partial charge on any atom is 0.215 e. The molecule has 3 rings (SSSR count). The van der Waals surface area contributed by atoms with Gasteiger partial charge in [0, 0.05) is 11.5 Å². The van der Waals surface area contributed by atoms with Crippen molar-refractivity contribution in [1.29, 1.82) is 0 Å². The Balaban J connectivity index is 1.83. The molecule has 1 aromatic heterocycles. The van der Waals surface area contributed by atoms with E-state index in [9.17, 15) is 0 Å². The van der Waals surface area contributed by atoms with Crippen molar-refractivity contribution in [1.82, 2.24) is 4.98 Å². The number of aromatic nitrogens is 1. The third-order valence-electron chi connectivity index (χ3n) is 6.26. The molecule has 3 aromatic rings. The molecule has 0 amide bonds. The van der Waals surface area contributed by atoms with Gasteiger partial charge in [0.2, 0.25) is 5.88 Å². The number of hydrogen-bond acceptors (Lipinski definition) is 5. The molecular formula is C28H36ClNO4. The van der Waals surface area contributed by atoms with Crippen molar-refractivity contribution in [2.45, 2.75) is 58.3 Å². The van der Waals surface area contributed by atoms with Crippen molar-refractivity contribution >= 4 is 22.5 Å². The van der Waals surface area contributed by atoms with Crippen LogP contribution in [0, 0.1) is 0 Å². The maximum atomic E-state index is 6.56. The van der Waals surface area contributed by atoms with Gasteiger partial charge in [-0.05, 0) is 73.1 Å². The van der Waals surface area contributed by atoms with Crippen molar-refractivity contribution in [3.05, 3.63) is 52.5 Å². The molecule has 0 N–H and O–H groups in total. The first-order chi connectivity index (χ1) is 16.5. The van der Waals surface area contributed by atoms with Gasteiger partial charge in [0.1, 0.15) is 17.2 Å². The summed E-state index contributed by atoms with van der Waals surface area (Å²) in [6.07, 6.45) is 6.30. The predicted octanol–water partition coefficient (Wildman–Crippen LogP) is 7.61. The number of methoxy groups -OCH3 is 3. The molecule has 0 aliphatic carbocycles. The summed E-state index contributed by atoms with van der Waals surface area (Å²) in [5.74, 6) is 3.30. The number of nitrogens with zero attached hydrogens (tertiary/aromatic N) is 1. The molecule has 1 atom stereocenters. The molecule has 0 fully saturated rings. The summed E-state index contributed by atoms with van der Waals surface area (Å²) in [5, 5.41) is 1.47. The van der Waals surface area contributed by atoms with Gasteiger partial charge in [-0.3, -0.25) is 0 Å². The van der Waals surface area contributed by atoms with Gasteiger partial charge in [-0.15, -0.1) is 0 Å². The lowest BCUT2D eigenvalue weighted by atomic mass is 9.91. The monoisotopic (exact) mass is 485 g/mol. The fourth-order valence-corrected chi connectivity index (χ4v) is 4.51. The number of ether oxygens (including phenoxy) is 4. The molecule has 0 saturated heterocycles. The van der Waals surface area contributed by atoms with E-state index in [0.717, 1.165) is 59.4 Å². The molecule has 0 radical (unpaired) electrons. The second-order valence-corrected chi connectivity index (χ2v) is 8.84. The van der Waals surface area contributed by atoms with Crippen molar-refractivity contribution in [2.75, 3.05) is 27.9 Å². The Bertz CT molecular complexity index is 1090. The van der Waals surface area contributed by atoms with Crippen LogP contribution in [0.1, 0.15) is 63.0 Å². The minimum Gasteiger partial charge on any atom is -0.497 e. The largest absolute Gasteiger partial charge is 0.497 e. The molecule has 34 heavy (non-hydrogen) atoms. The zero-order chi connectivity index (χ0) is 24.5. The Labute approximate surface area is 208 Å². The van der Waals surface area contributed by atoms with Crippen LogP contribution in [-0.4, -0.2) is 32.9 Å². The molecule has 0 aliphatic rings. The number of benzene rings is 2. The van der Waals surface area contributed by atoms with Gasteiger partial charge in [0.15, 0.2) is 0 Å². The third-order valence-corrected chi connectivity index (χ3v) is 6.57. The molecule has 184 valence electrons. The molecule has 5 nitrogen and oxygen atoms in total. The van der Waals surface area contributed by atoms with Crippen molar-refractivity contribution < 1.29 is 18.9 Å². The fraction of sp³-hybridized carbons (Fsp3) is 0.464. The van der Waals surface area contributed by atoms with Crippen LogP contribution in [0.2, 0.25) is 5.02 Å². The van der Waals surface area contributed by atoms with Crippen LogP contribution in [0.4, 0.5) is 0 Å². The van der Waals surface area contributed by atoms with E-state index in [2.05, 4.69) is 26.0 Å². The molecule has 0 saturated carbocycles. The van der Waals surface area contributed by atoms with Gasteiger partial charge in [-0.25, -0.2) is 4.98 Å². The highest BCUT2D eigenvalue weighted by Gasteiger charge is 2.19. The summed E-state index contributed by atoms with van der Waals surface area (Å²) in [7, 11) is 4.97. The fourth-order valence-electron chi connectivity index (χ4n) is 4.27. The van der Waals surface area contributed by atoms with Crippen LogP contribution in [0.25, 0.3) is 10.9 Å². The van der Waals surface area contributed by atoms with Gasteiger partial charge in [0.05, 0.1) is 38.5 Å². The Morgan fingerprint density at radius 3 is 2.38 bits per heavy atom. The van der Waals surface area contributed by atoms with Crippen LogP contribution >= 0.6 is 11.6 Å². The number of unbranched alkanes of at least 4 members (excludes halogenated alkanes) is 2. The van der Waals surface area contributed by atoms with Crippen LogP contribution in [-0.2, 0) is 6.42 Å². The van der Waals surface area contributed by atoms with Crippen LogP contribution in [0.5, 0.6) is 23.1 Å². The molecule has 1 unspecified atom stereocenters. The first kappa shape index (κ1) is 26.0. The molecule has 1 heterocycles. The number of rotatable bonds is 13. The zero-order valence-corrected chi connectivity index (χ0v) is 21.7. The summed E-state index contributed by atoms with van der Waals surface area (Å²) in [4.78, 5) is 4.72. The Kier molecular flexibility index (Phi) is 9.70. The second kappa shape index (κ2) is 12.7. The number of hydrogen-bond donors (Lipinski definition) is 0. The van der Waals surface area contributed by atoms with E-state index in [0.29, 0.717) is 17.5 Å². The molecule has 0 aliphatic heterocycles. The van der Waals surface area contributed by atoms with Crippen LogP contribution in [0.3, 0.4) is 0 Å². The highest BCUT2D eigenvalue weighted by molar-refractivity contribution is 6.35. The molecule has 0 bridgehead atoms. The smallest absolute Gasteiger partial charge is 0.215 e. The van der Waals surface area contributed by atoms with Crippen molar-refractivity contribution in [2.24, 2.45) is 0 Å². The summed E-state index contributed by atoms with van der Waals surface area (Å²) in [6, 6.07) is 11.8. The number of pyridine rings is 1. The van der Waals surface area contributed by atoms with Gasteiger partial charge >= 0.3 is 0 Å². The van der Waals surface area contributed by atoms with Crippen molar-refractivity contribution in [3.8, 4) is 23.1 Å². The van der Waals surface area contributed by atoms with Crippen LogP contribution < -0.4 is 18.9 Å². The lowest BCUT2D eigenvalue weighted by molar-refractivity contribution is 0.292. The van der Waals surface area contributed by atoms with Gasteiger partial charge in [0.25, 0.3) is 0 Å². The third kappa shape index (κ3) is 6.26. The van der Waals surface area contributed by atoms with E-state index >= 15 is 0 Å². The summed E-state index contributed by atoms with van der Waals surface area (Å²) in [5.41, 5.74) is 3.15. The highest BCUT2D eigenvalue weighted by atomic mass is 35.5. The Morgan fingerprint density at radius 2 is 1.71 bits per heavy atom. The Morgan fingerprint density at radius 1 is 0.912 bits per heavy atom. The molecule has 6 heteroatoms. The lowest BCUT2D eigenvalue weighted by Gasteiger charge is -2.20. The average Bonchev–Trinajstić information content (AvgIpc) is 2.86. The van der Waals surface area contributed by atoms with Gasteiger partial charge in [-0.2, -0.15) is 0 Å². The SMILES string of the molecule is CCCCCc1cc(OC)ccc1OCCC(CC)c1cc(OC)cc2c(Cl)cc(OC)nc12. The topological polar surface area (TPSA) is 49.8 Å². The van der Waals surface area contributed by atoms with E-state index in [4.69, 9.17) is 35.5 Å². The maximum absolute atomic E-state index is 6.56. The van der Waals surface area contributed by atoms with E-state index in [1.807, 2.05) is 18.2 Å². The normalized spacial score (nSPS) is 11.9. The van der Waals surface area contributed by atoms with Gasteiger partial charge < -0.3 is 18.9 Å².